The second-order valence-corrected chi connectivity index (χ2v) is 6.14. The van der Waals surface area contributed by atoms with Crippen LogP contribution in [0.3, 0.4) is 0 Å². The quantitative estimate of drug-likeness (QED) is 0.866. The van der Waals surface area contributed by atoms with Gasteiger partial charge in [-0.2, -0.15) is 0 Å². The van der Waals surface area contributed by atoms with Crippen molar-refractivity contribution in [2.45, 2.75) is 13.0 Å². The molecule has 1 aromatic heterocycles. The minimum atomic E-state index is -0.102. The van der Waals surface area contributed by atoms with Crippen molar-refractivity contribution in [1.82, 2.24) is 0 Å². The van der Waals surface area contributed by atoms with Crippen molar-refractivity contribution in [3.05, 3.63) is 55.1 Å². The number of halogens is 2. The Bertz CT molecular complexity index is 490. The van der Waals surface area contributed by atoms with Crippen molar-refractivity contribution in [3.8, 4) is 0 Å². The van der Waals surface area contributed by atoms with Crippen LogP contribution in [0.4, 0.5) is 0 Å². The Morgan fingerprint density at radius 1 is 1.38 bits per heavy atom. The molecule has 0 saturated carbocycles. The van der Waals surface area contributed by atoms with Crippen LogP contribution in [-0.4, -0.2) is 0 Å². The molecule has 0 aliphatic heterocycles. The average molecular weight is 317 g/mol. The molecule has 0 spiro atoms. The van der Waals surface area contributed by atoms with Crippen molar-refractivity contribution >= 4 is 38.9 Å². The Morgan fingerprint density at radius 2 is 2.06 bits per heavy atom. The van der Waals surface area contributed by atoms with Gasteiger partial charge in [0.1, 0.15) is 4.34 Å². The SMILES string of the molecule is Cc1ccccc1C(N)c1cc(Br)c(Cl)s1. The molecule has 0 aliphatic rings. The third-order valence-electron chi connectivity index (χ3n) is 2.49. The van der Waals surface area contributed by atoms with Gasteiger partial charge in [-0.1, -0.05) is 35.9 Å². The molecule has 0 aliphatic carbocycles. The van der Waals surface area contributed by atoms with Gasteiger partial charge < -0.3 is 5.73 Å². The van der Waals surface area contributed by atoms with Crippen LogP contribution in [0.2, 0.25) is 4.34 Å². The summed E-state index contributed by atoms with van der Waals surface area (Å²) in [5.41, 5.74) is 8.58. The van der Waals surface area contributed by atoms with Crippen LogP contribution in [0.1, 0.15) is 22.0 Å². The molecule has 1 nitrogen and oxygen atoms in total. The minimum absolute atomic E-state index is 0.102. The molecule has 0 bridgehead atoms. The summed E-state index contributed by atoms with van der Waals surface area (Å²) in [6.07, 6.45) is 0. The van der Waals surface area contributed by atoms with Crippen molar-refractivity contribution < 1.29 is 0 Å². The van der Waals surface area contributed by atoms with Gasteiger partial charge >= 0.3 is 0 Å². The lowest BCUT2D eigenvalue weighted by Crippen LogP contribution is -2.11. The van der Waals surface area contributed by atoms with E-state index in [0.29, 0.717) is 0 Å². The Hall–Kier alpha value is -0.350. The first-order valence-corrected chi connectivity index (χ1v) is 6.84. The third kappa shape index (κ3) is 2.33. The van der Waals surface area contributed by atoms with E-state index < -0.39 is 0 Å². The molecule has 1 aromatic carbocycles. The zero-order valence-electron chi connectivity index (χ0n) is 8.71. The summed E-state index contributed by atoms with van der Waals surface area (Å²) in [4.78, 5) is 1.08. The van der Waals surface area contributed by atoms with Crippen LogP contribution >= 0.6 is 38.9 Å². The zero-order valence-corrected chi connectivity index (χ0v) is 11.9. The van der Waals surface area contributed by atoms with E-state index >= 15 is 0 Å². The van der Waals surface area contributed by atoms with Crippen LogP contribution in [0.15, 0.2) is 34.8 Å². The summed E-state index contributed by atoms with van der Waals surface area (Å²) in [7, 11) is 0. The Morgan fingerprint density at radius 3 is 2.62 bits per heavy atom. The maximum absolute atomic E-state index is 6.23. The highest BCUT2D eigenvalue weighted by Crippen LogP contribution is 2.36. The molecule has 2 rings (SSSR count). The second kappa shape index (κ2) is 4.88. The Kier molecular flexibility index (Phi) is 3.70. The molecule has 2 N–H and O–H groups in total. The minimum Gasteiger partial charge on any atom is -0.320 e. The number of rotatable bonds is 2. The van der Waals surface area contributed by atoms with Crippen molar-refractivity contribution in [2.75, 3.05) is 0 Å². The van der Waals surface area contributed by atoms with E-state index in [4.69, 9.17) is 17.3 Å². The van der Waals surface area contributed by atoms with E-state index in [1.807, 2.05) is 18.2 Å². The van der Waals surface area contributed by atoms with Gasteiger partial charge in [-0.3, -0.25) is 0 Å². The maximum Gasteiger partial charge on any atom is 0.107 e. The molecule has 0 fully saturated rings. The van der Waals surface area contributed by atoms with Gasteiger partial charge in [0.25, 0.3) is 0 Å². The van der Waals surface area contributed by atoms with Crippen LogP contribution in [-0.2, 0) is 0 Å². The summed E-state index contributed by atoms with van der Waals surface area (Å²) < 4.78 is 1.66. The number of hydrogen-bond donors (Lipinski definition) is 1. The zero-order chi connectivity index (χ0) is 11.7. The summed E-state index contributed by atoms with van der Waals surface area (Å²) in [6.45, 7) is 2.07. The van der Waals surface area contributed by atoms with E-state index in [1.165, 1.54) is 16.9 Å². The molecule has 1 heterocycles. The predicted octanol–water partition coefficient (Wildman–Crippen LogP) is 4.52. The molecule has 4 heteroatoms. The summed E-state index contributed by atoms with van der Waals surface area (Å²) >= 11 is 10.9. The topological polar surface area (TPSA) is 26.0 Å². The highest BCUT2D eigenvalue weighted by molar-refractivity contribution is 9.10. The van der Waals surface area contributed by atoms with Gasteiger partial charge in [0.15, 0.2) is 0 Å². The summed E-state index contributed by atoms with van der Waals surface area (Å²) in [6, 6.07) is 10.0. The predicted molar refractivity (Wildman–Crippen MR) is 74.2 cm³/mol. The first kappa shape index (κ1) is 12.1. The van der Waals surface area contributed by atoms with Crippen molar-refractivity contribution in [2.24, 2.45) is 5.73 Å². The highest BCUT2D eigenvalue weighted by atomic mass is 79.9. The number of thiophene rings is 1. The van der Waals surface area contributed by atoms with Crippen LogP contribution in [0.25, 0.3) is 0 Å². The lowest BCUT2D eigenvalue weighted by molar-refractivity contribution is 0.882. The molecule has 1 unspecified atom stereocenters. The molecule has 84 valence electrons. The largest absolute Gasteiger partial charge is 0.320 e. The van der Waals surface area contributed by atoms with E-state index in [-0.39, 0.29) is 6.04 Å². The first-order valence-electron chi connectivity index (χ1n) is 4.85. The van der Waals surface area contributed by atoms with Gasteiger partial charge in [-0.15, -0.1) is 11.3 Å². The molecular formula is C12H11BrClNS. The Labute approximate surface area is 112 Å². The molecule has 0 amide bonds. The van der Waals surface area contributed by atoms with Gasteiger partial charge in [0.2, 0.25) is 0 Å². The van der Waals surface area contributed by atoms with E-state index in [0.717, 1.165) is 19.2 Å². The first-order chi connectivity index (χ1) is 7.59. The van der Waals surface area contributed by atoms with Gasteiger partial charge in [-0.05, 0) is 40.0 Å². The van der Waals surface area contributed by atoms with Crippen LogP contribution < -0.4 is 5.73 Å². The highest BCUT2D eigenvalue weighted by Gasteiger charge is 2.15. The van der Waals surface area contributed by atoms with Crippen LogP contribution in [0, 0.1) is 6.92 Å². The lowest BCUT2D eigenvalue weighted by Gasteiger charge is -2.12. The monoisotopic (exact) mass is 315 g/mol. The fourth-order valence-corrected chi connectivity index (χ4v) is 3.36. The third-order valence-corrected chi connectivity index (χ3v) is 5.05. The van der Waals surface area contributed by atoms with Gasteiger partial charge in [0.05, 0.1) is 6.04 Å². The van der Waals surface area contributed by atoms with Crippen molar-refractivity contribution in [3.63, 3.8) is 0 Å². The molecule has 0 radical (unpaired) electrons. The number of nitrogens with two attached hydrogens (primary N) is 1. The van der Waals surface area contributed by atoms with E-state index in [2.05, 4.69) is 35.0 Å². The summed E-state index contributed by atoms with van der Waals surface area (Å²) in [5, 5.41) is 0. The number of hydrogen-bond acceptors (Lipinski definition) is 2. The van der Waals surface area contributed by atoms with E-state index in [9.17, 15) is 0 Å². The molecular weight excluding hydrogens is 306 g/mol. The van der Waals surface area contributed by atoms with Gasteiger partial charge in [-0.25, -0.2) is 0 Å². The summed E-state index contributed by atoms with van der Waals surface area (Å²) in [5.74, 6) is 0. The molecule has 1 atom stereocenters. The van der Waals surface area contributed by atoms with Crippen LogP contribution in [0.5, 0.6) is 0 Å². The standard InChI is InChI=1S/C12H11BrClNS/c1-7-4-2-3-5-8(7)11(15)10-6-9(13)12(14)16-10/h2-6,11H,15H2,1H3. The fraction of sp³-hybridized carbons (Fsp3) is 0.167. The Balaban J connectivity index is 2.39. The van der Waals surface area contributed by atoms with Crippen molar-refractivity contribution in [1.29, 1.82) is 0 Å². The lowest BCUT2D eigenvalue weighted by atomic mass is 10.0. The normalized spacial score (nSPS) is 12.8. The second-order valence-electron chi connectivity index (χ2n) is 3.60. The molecule has 0 saturated heterocycles. The smallest absolute Gasteiger partial charge is 0.107 e. The molecule has 16 heavy (non-hydrogen) atoms. The number of aryl methyl sites for hydroxylation is 1. The van der Waals surface area contributed by atoms with E-state index in [1.54, 1.807) is 0 Å². The average Bonchev–Trinajstić information content (AvgIpc) is 2.59. The maximum atomic E-state index is 6.23. The molecule has 2 aromatic rings. The number of benzene rings is 1. The van der Waals surface area contributed by atoms with Gasteiger partial charge in [0, 0.05) is 9.35 Å². The fourth-order valence-electron chi connectivity index (χ4n) is 1.61.